The summed E-state index contributed by atoms with van der Waals surface area (Å²) in [6.07, 6.45) is -3.59. The van der Waals surface area contributed by atoms with Crippen molar-refractivity contribution in [1.29, 1.82) is 0 Å². The number of fused-ring (bicyclic) bond motifs is 1. The number of hydrogen-bond donors (Lipinski definition) is 1. The van der Waals surface area contributed by atoms with Crippen molar-refractivity contribution in [3.63, 3.8) is 0 Å². The van der Waals surface area contributed by atoms with Crippen LogP contribution in [0.5, 0.6) is 0 Å². The van der Waals surface area contributed by atoms with Crippen LogP contribution in [0.3, 0.4) is 0 Å². The van der Waals surface area contributed by atoms with Gasteiger partial charge in [-0.05, 0) is 23.8 Å². The second kappa shape index (κ2) is 7.90. The first-order valence-electron chi connectivity index (χ1n) is 8.72. The number of halogens is 3. The maximum atomic E-state index is 13.7. The summed E-state index contributed by atoms with van der Waals surface area (Å²) in [5, 5.41) is 2.33. The monoisotopic (exact) mass is 401 g/mol. The topological polar surface area (TPSA) is 62.3 Å². The van der Waals surface area contributed by atoms with Crippen LogP contribution in [0.4, 0.5) is 18.9 Å². The molecule has 0 aliphatic rings. The summed E-state index contributed by atoms with van der Waals surface area (Å²) in [5.74, 6) is -0.994. The Morgan fingerprint density at radius 1 is 1.03 bits per heavy atom. The summed E-state index contributed by atoms with van der Waals surface area (Å²) in [6.45, 7) is 0. The molecule has 3 rings (SSSR count). The van der Waals surface area contributed by atoms with E-state index in [1.54, 1.807) is 32.3 Å². The van der Waals surface area contributed by atoms with Crippen molar-refractivity contribution in [3.05, 3.63) is 71.4 Å². The molecule has 0 bridgehead atoms. The van der Waals surface area contributed by atoms with Gasteiger partial charge in [0.05, 0.1) is 23.1 Å². The highest BCUT2D eigenvalue weighted by atomic mass is 19.4. The summed E-state index contributed by atoms with van der Waals surface area (Å²) in [4.78, 5) is 29.7. The lowest BCUT2D eigenvalue weighted by atomic mass is 10.0. The Hall–Kier alpha value is -3.42. The molecule has 150 valence electrons. The number of hydrogen-bond acceptors (Lipinski definition) is 3. The van der Waals surface area contributed by atoms with Crippen LogP contribution in [0, 0.1) is 0 Å². The van der Waals surface area contributed by atoms with Crippen LogP contribution in [-0.2, 0) is 17.4 Å². The van der Waals surface area contributed by atoms with Crippen molar-refractivity contribution in [2.45, 2.75) is 12.6 Å². The number of likely N-dealkylation sites (N-methyl/N-ethyl adjacent to an activating group) is 1. The zero-order valence-corrected chi connectivity index (χ0v) is 15.7. The summed E-state index contributed by atoms with van der Waals surface area (Å²) < 4.78 is 41.0. The molecule has 2 amide bonds. The minimum Gasteiger partial charge on any atom is -0.349 e. The lowest BCUT2D eigenvalue weighted by molar-refractivity contribution is -0.136. The van der Waals surface area contributed by atoms with Crippen LogP contribution in [0.2, 0.25) is 0 Å². The first kappa shape index (κ1) is 20.3. The molecule has 0 radical (unpaired) electrons. The van der Waals surface area contributed by atoms with Gasteiger partial charge in [-0.1, -0.05) is 30.3 Å². The standard InChI is InChI=1S/C21H18F3N3O2/c1-27(2)18(28)11-13-7-9-14(10-8-13)26-20(29)16-12-25-17-6-4-3-5-15(17)19(16)21(22,23)24/h3-10,12H,11H2,1-2H3,(H,26,29). The number of para-hydroxylation sites is 1. The molecule has 1 N–H and O–H groups in total. The van der Waals surface area contributed by atoms with E-state index in [-0.39, 0.29) is 23.2 Å². The second-order valence-electron chi connectivity index (χ2n) is 6.68. The highest BCUT2D eigenvalue weighted by Crippen LogP contribution is 2.37. The Morgan fingerprint density at radius 2 is 1.69 bits per heavy atom. The number of anilines is 1. The van der Waals surface area contributed by atoms with Gasteiger partial charge < -0.3 is 10.2 Å². The molecule has 29 heavy (non-hydrogen) atoms. The molecule has 3 aromatic rings. The quantitative estimate of drug-likeness (QED) is 0.715. The fraction of sp³-hybridized carbons (Fsp3) is 0.190. The van der Waals surface area contributed by atoms with Gasteiger partial charge in [-0.25, -0.2) is 0 Å². The molecule has 1 aromatic heterocycles. The minimum absolute atomic E-state index is 0.0844. The first-order valence-corrected chi connectivity index (χ1v) is 8.72. The molecule has 8 heteroatoms. The highest BCUT2D eigenvalue weighted by Gasteiger charge is 2.37. The van der Waals surface area contributed by atoms with E-state index < -0.39 is 23.2 Å². The van der Waals surface area contributed by atoms with E-state index in [4.69, 9.17) is 0 Å². The Balaban J connectivity index is 1.88. The number of alkyl halides is 3. The minimum atomic E-state index is -4.72. The predicted molar refractivity (Wildman–Crippen MR) is 104 cm³/mol. The molecule has 0 aliphatic heterocycles. The Labute approximate surface area is 165 Å². The Kier molecular flexibility index (Phi) is 5.54. The normalized spacial score (nSPS) is 11.3. The van der Waals surface area contributed by atoms with E-state index in [1.807, 2.05) is 0 Å². The molecule has 2 aromatic carbocycles. The largest absolute Gasteiger partial charge is 0.417 e. The van der Waals surface area contributed by atoms with Crippen molar-refractivity contribution in [3.8, 4) is 0 Å². The van der Waals surface area contributed by atoms with E-state index in [2.05, 4.69) is 10.3 Å². The van der Waals surface area contributed by atoms with Gasteiger partial charge in [0.25, 0.3) is 5.91 Å². The summed E-state index contributed by atoms with van der Waals surface area (Å²) in [6, 6.07) is 12.2. The fourth-order valence-electron chi connectivity index (χ4n) is 2.86. The zero-order valence-electron chi connectivity index (χ0n) is 15.7. The highest BCUT2D eigenvalue weighted by molar-refractivity contribution is 6.07. The molecule has 0 spiro atoms. The van der Waals surface area contributed by atoms with E-state index in [0.29, 0.717) is 5.69 Å². The van der Waals surface area contributed by atoms with Crippen LogP contribution < -0.4 is 5.32 Å². The molecule has 0 saturated heterocycles. The smallest absolute Gasteiger partial charge is 0.349 e. The van der Waals surface area contributed by atoms with Gasteiger partial charge in [0, 0.05) is 31.4 Å². The summed E-state index contributed by atoms with van der Waals surface area (Å²) in [7, 11) is 3.29. The summed E-state index contributed by atoms with van der Waals surface area (Å²) in [5.41, 5.74) is -0.370. The number of amides is 2. The molecule has 0 aliphatic carbocycles. The van der Waals surface area contributed by atoms with Crippen molar-refractivity contribution in [1.82, 2.24) is 9.88 Å². The van der Waals surface area contributed by atoms with E-state index in [0.717, 1.165) is 11.8 Å². The molecule has 1 heterocycles. The van der Waals surface area contributed by atoms with E-state index in [9.17, 15) is 22.8 Å². The van der Waals surface area contributed by atoms with Gasteiger partial charge in [0.1, 0.15) is 0 Å². The lowest BCUT2D eigenvalue weighted by Gasteiger charge is -2.15. The van der Waals surface area contributed by atoms with Gasteiger partial charge in [0.15, 0.2) is 0 Å². The SMILES string of the molecule is CN(C)C(=O)Cc1ccc(NC(=O)c2cnc3ccccc3c2C(F)(F)F)cc1. The van der Waals surface area contributed by atoms with Gasteiger partial charge in [0.2, 0.25) is 5.91 Å². The van der Waals surface area contributed by atoms with E-state index in [1.165, 1.54) is 35.2 Å². The van der Waals surface area contributed by atoms with Crippen LogP contribution in [0.25, 0.3) is 10.9 Å². The first-order chi connectivity index (χ1) is 13.7. The Bertz CT molecular complexity index is 1060. The molecule has 0 atom stereocenters. The van der Waals surface area contributed by atoms with Crippen LogP contribution in [0.15, 0.2) is 54.7 Å². The third-order valence-electron chi connectivity index (χ3n) is 4.37. The number of benzene rings is 2. The summed E-state index contributed by atoms with van der Waals surface area (Å²) >= 11 is 0. The predicted octanol–water partition coefficient (Wildman–Crippen LogP) is 4.14. The average molecular weight is 401 g/mol. The van der Waals surface area contributed by atoms with Crippen molar-refractivity contribution < 1.29 is 22.8 Å². The number of nitrogens with zero attached hydrogens (tertiary/aromatic N) is 2. The number of carbonyl (C=O) groups excluding carboxylic acids is 2. The molecule has 0 unspecified atom stereocenters. The Morgan fingerprint density at radius 3 is 2.31 bits per heavy atom. The zero-order chi connectivity index (χ0) is 21.2. The maximum Gasteiger partial charge on any atom is 0.417 e. The van der Waals surface area contributed by atoms with Crippen molar-refractivity contribution >= 4 is 28.4 Å². The lowest BCUT2D eigenvalue weighted by Crippen LogP contribution is -2.23. The number of pyridine rings is 1. The van der Waals surface area contributed by atoms with E-state index >= 15 is 0 Å². The third-order valence-corrected chi connectivity index (χ3v) is 4.37. The number of carbonyl (C=O) groups is 2. The van der Waals surface area contributed by atoms with Crippen molar-refractivity contribution in [2.24, 2.45) is 0 Å². The average Bonchev–Trinajstić information content (AvgIpc) is 2.67. The van der Waals surface area contributed by atoms with Crippen molar-refractivity contribution in [2.75, 3.05) is 19.4 Å². The number of nitrogens with one attached hydrogen (secondary N) is 1. The van der Waals surface area contributed by atoms with Crippen LogP contribution >= 0.6 is 0 Å². The third kappa shape index (κ3) is 4.53. The maximum absolute atomic E-state index is 13.7. The van der Waals surface area contributed by atoms with Crippen LogP contribution in [-0.4, -0.2) is 35.8 Å². The molecular weight excluding hydrogens is 383 g/mol. The van der Waals surface area contributed by atoms with Gasteiger partial charge in [-0.2, -0.15) is 13.2 Å². The van der Waals surface area contributed by atoms with Gasteiger partial charge >= 0.3 is 6.18 Å². The van der Waals surface area contributed by atoms with Gasteiger partial charge in [-0.15, -0.1) is 0 Å². The number of rotatable bonds is 4. The molecular formula is C21H18F3N3O2. The molecule has 0 fully saturated rings. The molecule has 0 saturated carbocycles. The second-order valence-corrected chi connectivity index (χ2v) is 6.68. The van der Waals surface area contributed by atoms with Crippen LogP contribution in [0.1, 0.15) is 21.5 Å². The number of aromatic nitrogens is 1. The fourth-order valence-corrected chi connectivity index (χ4v) is 2.86. The van der Waals surface area contributed by atoms with Gasteiger partial charge in [-0.3, -0.25) is 14.6 Å². The molecule has 5 nitrogen and oxygen atoms in total.